The number of carbonyl (C=O) groups excluding carboxylic acids is 2. The number of ether oxygens (including phenoxy) is 1. The van der Waals surface area contributed by atoms with Gasteiger partial charge in [-0.3, -0.25) is 4.79 Å². The molecule has 5 rings (SSSR count). The van der Waals surface area contributed by atoms with Gasteiger partial charge in [-0.05, 0) is 54.5 Å². The normalized spacial score (nSPS) is 17.1. The molecule has 4 aromatic rings. The number of aromatic nitrogens is 1. The summed E-state index contributed by atoms with van der Waals surface area (Å²) in [5.74, 6) is -3.68. The topological polar surface area (TPSA) is 157 Å². The highest BCUT2D eigenvalue weighted by Gasteiger charge is 2.41. The van der Waals surface area contributed by atoms with Gasteiger partial charge in [-0.1, -0.05) is 74.5 Å². The highest BCUT2D eigenvalue weighted by atomic mass is 32.2. The molecule has 0 bridgehead atoms. The first-order valence-electron chi connectivity index (χ1n) is 15.7. The van der Waals surface area contributed by atoms with E-state index in [2.05, 4.69) is 4.98 Å². The third-order valence-electron chi connectivity index (χ3n) is 8.52. The average Bonchev–Trinajstić information content (AvgIpc) is 3.73. The molecular formula is C34H40N4O7S3. The highest BCUT2D eigenvalue weighted by molar-refractivity contribution is 7.91. The van der Waals surface area contributed by atoms with Crippen LogP contribution < -0.4 is 5.73 Å². The average molecular weight is 713 g/mol. The van der Waals surface area contributed by atoms with E-state index < -0.39 is 61.7 Å². The number of nitrogens with zero attached hydrogens (tertiary/aromatic N) is 3. The van der Waals surface area contributed by atoms with Crippen molar-refractivity contribution in [3.8, 4) is 0 Å². The number of thiazole rings is 1. The van der Waals surface area contributed by atoms with Crippen LogP contribution in [0.15, 0.2) is 89.3 Å². The third kappa shape index (κ3) is 8.41. The van der Waals surface area contributed by atoms with Gasteiger partial charge in [0.1, 0.15) is 6.61 Å². The van der Waals surface area contributed by atoms with Crippen molar-refractivity contribution in [1.82, 2.24) is 14.2 Å². The van der Waals surface area contributed by atoms with E-state index >= 15 is 0 Å². The quantitative estimate of drug-likeness (QED) is 0.192. The Bertz CT molecular complexity index is 1940. The number of hydrogen-bond donors (Lipinski definition) is 1. The lowest BCUT2D eigenvalue weighted by atomic mass is 9.98. The lowest BCUT2D eigenvalue weighted by molar-refractivity contribution is -0.131. The van der Waals surface area contributed by atoms with Crippen LogP contribution in [0.4, 0.5) is 4.79 Å². The Balaban J connectivity index is 1.33. The van der Waals surface area contributed by atoms with Gasteiger partial charge >= 0.3 is 6.09 Å². The van der Waals surface area contributed by atoms with Crippen molar-refractivity contribution in [1.29, 1.82) is 0 Å². The number of sulfone groups is 1. The maximum Gasteiger partial charge on any atom is 0.410 e. The third-order valence-corrected chi connectivity index (χ3v) is 13.0. The van der Waals surface area contributed by atoms with E-state index in [0.29, 0.717) is 35.6 Å². The molecule has 14 heteroatoms. The van der Waals surface area contributed by atoms with Crippen LogP contribution in [0, 0.1) is 11.8 Å². The monoisotopic (exact) mass is 712 g/mol. The number of likely N-dealkylation sites (tertiary alicyclic amines) is 1. The summed E-state index contributed by atoms with van der Waals surface area (Å²) >= 11 is 1.35. The molecule has 1 aliphatic heterocycles. The van der Waals surface area contributed by atoms with Gasteiger partial charge in [-0.2, -0.15) is 0 Å². The molecule has 2 N–H and O–H groups in total. The van der Waals surface area contributed by atoms with Crippen molar-refractivity contribution in [2.45, 2.75) is 56.8 Å². The van der Waals surface area contributed by atoms with Gasteiger partial charge in [-0.15, -0.1) is 11.3 Å². The first kappa shape index (κ1) is 35.5. The van der Waals surface area contributed by atoms with E-state index in [4.69, 9.17) is 10.5 Å². The van der Waals surface area contributed by atoms with Gasteiger partial charge < -0.3 is 15.4 Å². The van der Waals surface area contributed by atoms with Crippen LogP contribution >= 0.6 is 11.3 Å². The van der Waals surface area contributed by atoms with E-state index in [1.165, 1.54) is 35.3 Å². The maximum atomic E-state index is 14.2. The predicted molar refractivity (Wildman–Crippen MR) is 185 cm³/mol. The second-order valence-corrected chi connectivity index (χ2v) is 17.1. The molecule has 0 saturated carbocycles. The molecule has 4 atom stereocenters. The molecule has 3 aromatic carbocycles. The number of rotatable bonds is 13. The zero-order valence-corrected chi connectivity index (χ0v) is 29.3. The second kappa shape index (κ2) is 15.1. The summed E-state index contributed by atoms with van der Waals surface area (Å²) in [5.41, 5.74) is 10.4. The van der Waals surface area contributed by atoms with Crippen LogP contribution in [0.2, 0.25) is 0 Å². The van der Waals surface area contributed by atoms with Crippen LogP contribution in [0.25, 0.3) is 10.2 Å². The molecule has 2 amide bonds. The Labute approximate surface area is 285 Å². The van der Waals surface area contributed by atoms with Crippen LogP contribution in [0.5, 0.6) is 0 Å². The molecular weight excluding hydrogens is 673 g/mol. The standard InChI is InChI=1S/C34H40N4O7S3/c1-24(18-26-10-5-3-6-11-26)32(35)38(48(43,44)29-15-16-31-30(19-29)36-23-46-31)33(39)25(2)21-47(41,42)22-28-14-9-17-37(28)34(40)45-20-27-12-7-4-8-13-27/h3-8,10-13,15-16,19,23-25,28,32H,9,14,17-18,20-22,35H2,1-2H3/t24-,25?,28-,32-/m0/s1. The largest absolute Gasteiger partial charge is 0.445 e. The number of benzene rings is 3. The van der Waals surface area contributed by atoms with Crippen molar-refractivity contribution in [3.63, 3.8) is 0 Å². The summed E-state index contributed by atoms with van der Waals surface area (Å²) in [6, 6.07) is 22.3. The van der Waals surface area contributed by atoms with Crippen molar-refractivity contribution in [2.24, 2.45) is 17.6 Å². The lowest BCUT2D eigenvalue weighted by Gasteiger charge is -2.34. The number of carbonyl (C=O) groups is 2. The smallest absolute Gasteiger partial charge is 0.410 e. The minimum absolute atomic E-state index is 0.0594. The number of hydrogen-bond acceptors (Lipinski definition) is 10. The van der Waals surface area contributed by atoms with Gasteiger partial charge in [-0.25, -0.2) is 30.9 Å². The van der Waals surface area contributed by atoms with Crippen LogP contribution in [-0.4, -0.2) is 73.3 Å². The molecule has 1 fully saturated rings. The van der Waals surface area contributed by atoms with Crippen molar-refractivity contribution < 1.29 is 31.2 Å². The van der Waals surface area contributed by atoms with E-state index in [1.807, 2.05) is 60.7 Å². The van der Waals surface area contributed by atoms with Gasteiger partial charge in [0.25, 0.3) is 10.0 Å². The molecule has 11 nitrogen and oxygen atoms in total. The van der Waals surface area contributed by atoms with E-state index in [9.17, 15) is 26.4 Å². The van der Waals surface area contributed by atoms with E-state index in [-0.39, 0.29) is 17.3 Å². The number of nitrogens with two attached hydrogens (primary N) is 1. The number of sulfonamides is 1. The summed E-state index contributed by atoms with van der Waals surface area (Å²) in [6.07, 6.45) is -0.434. The SMILES string of the molecule is CC(CS(=O)(=O)C[C@@H]1CCCN1C(=O)OCc1ccccc1)C(=O)N([C@H](N)[C@@H](C)Cc1ccccc1)S(=O)(=O)c1ccc2scnc2c1. The fourth-order valence-corrected chi connectivity index (χ4v) is 10.3. The van der Waals surface area contributed by atoms with E-state index in [0.717, 1.165) is 15.8 Å². The Morgan fingerprint density at radius 1 is 1.00 bits per heavy atom. The van der Waals surface area contributed by atoms with Crippen molar-refractivity contribution in [3.05, 3.63) is 95.5 Å². The molecule has 1 aromatic heterocycles. The molecule has 256 valence electrons. The molecule has 0 spiro atoms. The minimum atomic E-state index is -4.52. The Morgan fingerprint density at radius 2 is 1.67 bits per heavy atom. The first-order valence-corrected chi connectivity index (χ1v) is 19.9. The predicted octanol–water partition coefficient (Wildman–Crippen LogP) is 4.83. The molecule has 1 unspecified atom stereocenters. The van der Waals surface area contributed by atoms with Crippen LogP contribution in [0.1, 0.15) is 37.8 Å². The Morgan fingerprint density at radius 3 is 2.35 bits per heavy atom. The number of fused-ring (bicyclic) bond motifs is 1. The fourth-order valence-electron chi connectivity index (χ4n) is 5.96. The zero-order valence-electron chi connectivity index (χ0n) is 26.8. The fraction of sp³-hybridized carbons (Fsp3) is 0.382. The summed E-state index contributed by atoms with van der Waals surface area (Å²) in [7, 11) is -8.46. The summed E-state index contributed by atoms with van der Waals surface area (Å²) in [6.45, 7) is 3.56. The summed E-state index contributed by atoms with van der Waals surface area (Å²) in [5, 5.41) is 0. The molecule has 0 aliphatic carbocycles. The van der Waals surface area contributed by atoms with Gasteiger partial charge in [0.15, 0.2) is 9.84 Å². The Hall–Kier alpha value is -3.85. The molecule has 1 aliphatic rings. The molecule has 2 heterocycles. The minimum Gasteiger partial charge on any atom is -0.445 e. The number of amides is 2. The summed E-state index contributed by atoms with van der Waals surface area (Å²) in [4.78, 5) is 32.4. The van der Waals surface area contributed by atoms with Crippen LogP contribution in [-0.2, 0) is 42.4 Å². The molecule has 48 heavy (non-hydrogen) atoms. The second-order valence-electron chi connectivity index (χ2n) is 12.3. The maximum absolute atomic E-state index is 14.2. The zero-order chi connectivity index (χ0) is 34.5. The highest BCUT2D eigenvalue weighted by Crippen LogP contribution is 2.28. The summed E-state index contributed by atoms with van der Waals surface area (Å²) < 4.78 is 62.2. The first-order chi connectivity index (χ1) is 22.9. The Kier molecular flexibility index (Phi) is 11.2. The lowest BCUT2D eigenvalue weighted by Crippen LogP contribution is -2.55. The van der Waals surface area contributed by atoms with Crippen molar-refractivity contribution >= 4 is 53.4 Å². The van der Waals surface area contributed by atoms with Crippen LogP contribution in [0.3, 0.4) is 0 Å². The van der Waals surface area contributed by atoms with Gasteiger partial charge in [0.05, 0.1) is 44.2 Å². The molecule has 1 saturated heterocycles. The van der Waals surface area contributed by atoms with Gasteiger partial charge in [0, 0.05) is 12.6 Å². The van der Waals surface area contributed by atoms with Gasteiger partial charge in [0.2, 0.25) is 5.91 Å². The van der Waals surface area contributed by atoms with E-state index in [1.54, 1.807) is 18.5 Å². The van der Waals surface area contributed by atoms with Crippen molar-refractivity contribution in [2.75, 3.05) is 18.1 Å². The molecule has 0 radical (unpaired) electrons.